The molecule has 0 unspecified atom stereocenters. The van der Waals surface area contributed by atoms with Crippen molar-refractivity contribution in [1.82, 2.24) is 14.3 Å². The number of H-pyrrole nitrogens is 1. The standard InChI is InChI=1S/C16H21N5O3S/c1-25(23,24)21-10-2-3-11(21)7-9(6-10)20-14-12-4-5-18-16(12)19-8-13(14)15(17)22/h4-5,8-11H,2-3,6-7H2,1H3,(H2,17,22)(H2,18,19,20)/t9-,10+,11-. The number of amides is 1. The number of anilines is 1. The summed E-state index contributed by atoms with van der Waals surface area (Å²) in [5, 5.41) is 4.26. The summed E-state index contributed by atoms with van der Waals surface area (Å²) in [6, 6.07) is 1.99. The molecule has 0 aromatic carbocycles. The van der Waals surface area contributed by atoms with Gasteiger partial charge in [0.2, 0.25) is 10.0 Å². The number of primary amides is 1. The molecule has 2 bridgehead atoms. The summed E-state index contributed by atoms with van der Waals surface area (Å²) < 4.78 is 25.7. The number of rotatable bonds is 4. The molecule has 0 spiro atoms. The molecule has 2 fully saturated rings. The zero-order chi connectivity index (χ0) is 17.8. The molecule has 3 atom stereocenters. The quantitative estimate of drug-likeness (QED) is 0.749. The molecular formula is C16H21N5O3S. The molecule has 8 nitrogen and oxygen atoms in total. The normalized spacial score (nSPS) is 26.8. The lowest BCUT2D eigenvalue weighted by atomic mass is 9.98. The van der Waals surface area contributed by atoms with E-state index in [1.165, 1.54) is 12.5 Å². The van der Waals surface area contributed by atoms with Crippen LogP contribution in [-0.4, -0.2) is 53.0 Å². The van der Waals surface area contributed by atoms with E-state index in [1.807, 2.05) is 6.07 Å². The van der Waals surface area contributed by atoms with E-state index >= 15 is 0 Å². The lowest BCUT2D eigenvalue weighted by Crippen LogP contribution is -2.49. The summed E-state index contributed by atoms with van der Waals surface area (Å²) in [5.41, 5.74) is 7.22. The van der Waals surface area contributed by atoms with Gasteiger partial charge in [-0.25, -0.2) is 13.4 Å². The first kappa shape index (κ1) is 16.3. The van der Waals surface area contributed by atoms with Gasteiger partial charge in [-0.2, -0.15) is 4.31 Å². The third kappa shape index (κ3) is 2.77. The van der Waals surface area contributed by atoms with Crippen molar-refractivity contribution in [3.05, 3.63) is 24.0 Å². The Morgan fingerprint density at radius 2 is 2.04 bits per heavy atom. The fourth-order valence-electron chi connectivity index (χ4n) is 4.35. The highest BCUT2D eigenvalue weighted by Gasteiger charge is 2.45. The maximum absolute atomic E-state index is 12.0. The Kier molecular flexibility index (Phi) is 3.73. The molecule has 2 aliphatic heterocycles. The second-order valence-electron chi connectivity index (χ2n) is 6.94. The highest BCUT2D eigenvalue weighted by Crippen LogP contribution is 2.39. The smallest absolute Gasteiger partial charge is 0.252 e. The van der Waals surface area contributed by atoms with Gasteiger partial charge in [0.1, 0.15) is 5.65 Å². The average molecular weight is 363 g/mol. The highest BCUT2D eigenvalue weighted by molar-refractivity contribution is 7.88. The molecule has 0 saturated carbocycles. The van der Waals surface area contributed by atoms with E-state index in [2.05, 4.69) is 15.3 Å². The third-order valence-electron chi connectivity index (χ3n) is 5.25. The van der Waals surface area contributed by atoms with Crippen LogP contribution in [0.3, 0.4) is 0 Å². The Balaban J connectivity index is 1.64. The van der Waals surface area contributed by atoms with Gasteiger partial charge in [0.15, 0.2) is 0 Å². The minimum Gasteiger partial charge on any atom is -0.381 e. The van der Waals surface area contributed by atoms with Crippen molar-refractivity contribution in [2.24, 2.45) is 5.73 Å². The topological polar surface area (TPSA) is 121 Å². The Bertz CT molecular complexity index is 924. The third-order valence-corrected chi connectivity index (χ3v) is 6.61. The van der Waals surface area contributed by atoms with E-state index in [0.29, 0.717) is 16.9 Å². The fraction of sp³-hybridized carbons (Fsp3) is 0.500. The zero-order valence-corrected chi connectivity index (χ0v) is 14.7. The van der Waals surface area contributed by atoms with Crippen LogP contribution in [-0.2, 0) is 10.0 Å². The summed E-state index contributed by atoms with van der Waals surface area (Å²) in [4.78, 5) is 19.0. The predicted molar refractivity (Wildman–Crippen MR) is 94.7 cm³/mol. The van der Waals surface area contributed by atoms with E-state index in [0.717, 1.165) is 31.1 Å². The number of carbonyl (C=O) groups is 1. The van der Waals surface area contributed by atoms with Crippen LogP contribution >= 0.6 is 0 Å². The van der Waals surface area contributed by atoms with Gasteiger partial charge in [0, 0.05) is 35.9 Å². The fourth-order valence-corrected chi connectivity index (χ4v) is 5.81. The van der Waals surface area contributed by atoms with Crippen molar-refractivity contribution in [3.63, 3.8) is 0 Å². The van der Waals surface area contributed by atoms with Crippen LogP contribution in [0.2, 0.25) is 0 Å². The summed E-state index contributed by atoms with van der Waals surface area (Å²) in [5.74, 6) is -0.533. The molecule has 0 radical (unpaired) electrons. The van der Waals surface area contributed by atoms with Gasteiger partial charge in [-0.1, -0.05) is 0 Å². The minimum absolute atomic E-state index is 0.0202. The van der Waals surface area contributed by atoms with Crippen molar-refractivity contribution < 1.29 is 13.2 Å². The molecule has 1 amide bonds. The van der Waals surface area contributed by atoms with Crippen molar-refractivity contribution in [1.29, 1.82) is 0 Å². The molecule has 2 aromatic heterocycles. The van der Waals surface area contributed by atoms with Crippen molar-refractivity contribution in [2.75, 3.05) is 11.6 Å². The lowest BCUT2D eigenvalue weighted by Gasteiger charge is -2.38. The van der Waals surface area contributed by atoms with Crippen molar-refractivity contribution >= 4 is 32.7 Å². The maximum atomic E-state index is 12.0. The van der Waals surface area contributed by atoms with Crippen LogP contribution in [0.1, 0.15) is 36.0 Å². The number of pyridine rings is 1. The molecule has 4 N–H and O–H groups in total. The maximum Gasteiger partial charge on any atom is 0.252 e. The molecule has 134 valence electrons. The average Bonchev–Trinajstić information content (AvgIpc) is 3.10. The minimum atomic E-state index is -3.19. The first-order valence-electron chi connectivity index (χ1n) is 8.35. The van der Waals surface area contributed by atoms with Gasteiger partial charge in [-0.3, -0.25) is 4.79 Å². The van der Waals surface area contributed by atoms with E-state index in [1.54, 1.807) is 10.5 Å². The summed E-state index contributed by atoms with van der Waals surface area (Å²) in [6.45, 7) is 0. The van der Waals surface area contributed by atoms with Gasteiger partial charge in [0.25, 0.3) is 5.91 Å². The number of aromatic amines is 1. The number of hydrogen-bond donors (Lipinski definition) is 3. The van der Waals surface area contributed by atoms with Gasteiger partial charge >= 0.3 is 0 Å². The van der Waals surface area contributed by atoms with Crippen LogP contribution in [0.25, 0.3) is 11.0 Å². The second kappa shape index (κ2) is 5.70. The number of carbonyl (C=O) groups excluding carboxylic acids is 1. The Morgan fingerprint density at radius 3 is 2.64 bits per heavy atom. The van der Waals surface area contributed by atoms with E-state index < -0.39 is 15.9 Å². The number of nitrogens with two attached hydrogens (primary N) is 1. The lowest BCUT2D eigenvalue weighted by molar-refractivity contribution is 0.100. The van der Waals surface area contributed by atoms with Gasteiger partial charge in [-0.05, 0) is 31.7 Å². The Morgan fingerprint density at radius 1 is 1.36 bits per heavy atom. The first-order chi connectivity index (χ1) is 11.8. The van der Waals surface area contributed by atoms with Crippen molar-refractivity contribution in [3.8, 4) is 0 Å². The molecule has 4 rings (SSSR count). The molecule has 2 aliphatic rings. The Labute approximate surface area is 145 Å². The zero-order valence-electron chi connectivity index (χ0n) is 13.9. The van der Waals surface area contributed by atoms with Crippen LogP contribution in [0.5, 0.6) is 0 Å². The molecule has 25 heavy (non-hydrogen) atoms. The first-order valence-corrected chi connectivity index (χ1v) is 10.2. The number of piperidine rings is 1. The van der Waals surface area contributed by atoms with Gasteiger partial charge < -0.3 is 16.0 Å². The van der Waals surface area contributed by atoms with E-state index in [4.69, 9.17) is 5.73 Å². The molecule has 4 heterocycles. The molecule has 0 aliphatic carbocycles. The van der Waals surface area contributed by atoms with Crippen molar-refractivity contribution in [2.45, 2.75) is 43.8 Å². The second-order valence-corrected chi connectivity index (χ2v) is 8.83. The summed E-state index contributed by atoms with van der Waals surface area (Å²) in [6.07, 6.45) is 7.73. The van der Waals surface area contributed by atoms with Crippen LogP contribution in [0.15, 0.2) is 18.5 Å². The summed E-state index contributed by atoms with van der Waals surface area (Å²) >= 11 is 0. The van der Waals surface area contributed by atoms with Gasteiger partial charge in [0.05, 0.1) is 17.5 Å². The number of nitrogens with zero attached hydrogens (tertiary/aromatic N) is 2. The monoisotopic (exact) mass is 363 g/mol. The number of sulfonamides is 1. The van der Waals surface area contributed by atoms with Crippen LogP contribution < -0.4 is 11.1 Å². The van der Waals surface area contributed by atoms with Crippen LogP contribution in [0, 0.1) is 0 Å². The number of hydrogen-bond acceptors (Lipinski definition) is 5. The molecule has 9 heteroatoms. The highest BCUT2D eigenvalue weighted by atomic mass is 32.2. The number of aromatic nitrogens is 2. The molecular weight excluding hydrogens is 342 g/mol. The molecule has 2 aromatic rings. The SMILES string of the molecule is CS(=O)(=O)N1[C@@H]2CC[C@H]1C[C@@H](Nc1c(C(N)=O)cnc3[nH]ccc13)C2. The van der Waals surface area contributed by atoms with Gasteiger partial charge in [-0.15, -0.1) is 0 Å². The van der Waals surface area contributed by atoms with E-state index in [-0.39, 0.29) is 18.1 Å². The largest absolute Gasteiger partial charge is 0.381 e. The number of nitrogens with one attached hydrogen (secondary N) is 2. The molecule has 2 saturated heterocycles. The predicted octanol–water partition coefficient (Wildman–Crippen LogP) is 1.03. The van der Waals surface area contributed by atoms with E-state index in [9.17, 15) is 13.2 Å². The summed E-state index contributed by atoms with van der Waals surface area (Å²) in [7, 11) is -3.19. The Hall–Kier alpha value is -2.13. The van der Waals surface area contributed by atoms with Crippen LogP contribution in [0.4, 0.5) is 5.69 Å². The number of fused-ring (bicyclic) bond motifs is 3.